The maximum atomic E-state index is 14.2. The molecule has 0 bridgehead atoms. The van der Waals surface area contributed by atoms with Crippen molar-refractivity contribution in [3.05, 3.63) is 86.9 Å². The molecule has 0 unspecified atom stereocenters. The summed E-state index contributed by atoms with van der Waals surface area (Å²) < 4.78 is 60.7. The van der Waals surface area contributed by atoms with Gasteiger partial charge in [0.05, 0.1) is 17.8 Å². The number of hydrogen-bond acceptors (Lipinski definition) is 5. The monoisotopic (exact) mass is 600 g/mol. The number of carbonyl (C=O) groups is 1. The Balaban J connectivity index is 1.36. The van der Waals surface area contributed by atoms with E-state index in [1.807, 2.05) is 29.6 Å². The maximum absolute atomic E-state index is 14.2. The van der Waals surface area contributed by atoms with Crippen LogP contribution in [0.4, 0.5) is 28.9 Å². The lowest BCUT2D eigenvalue weighted by Gasteiger charge is -2.36. The van der Waals surface area contributed by atoms with Crippen molar-refractivity contribution < 1.29 is 27.1 Å². The van der Waals surface area contributed by atoms with Crippen LogP contribution < -0.4 is 20.3 Å². The second-order valence-electron chi connectivity index (χ2n) is 8.59. The molecule has 1 aliphatic heterocycles. The largest absolute Gasteiger partial charge is 0.491 e. The number of thiocarbonyl (C=S) groups is 1. The Morgan fingerprint density at radius 2 is 1.59 bits per heavy atom. The van der Waals surface area contributed by atoms with E-state index in [1.54, 1.807) is 18.2 Å². The number of piperazine rings is 1. The Kier molecular flexibility index (Phi) is 9.16. The summed E-state index contributed by atoms with van der Waals surface area (Å²) in [6.07, 6.45) is 0. The van der Waals surface area contributed by atoms with Gasteiger partial charge in [-0.1, -0.05) is 41.4 Å². The highest BCUT2D eigenvalue weighted by Gasteiger charge is 2.30. The predicted octanol–water partition coefficient (Wildman–Crippen LogP) is 6.01. The van der Waals surface area contributed by atoms with Gasteiger partial charge in [-0.2, -0.15) is 8.78 Å². The van der Waals surface area contributed by atoms with Crippen molar-refractivity contribution in [2.75, 3.05) is 43.5 Å². The van der Waals surface area contributed by atoms with Crippen LogP contribution in [0.3, 0.4) is 0 Å². The van der Waals surface area contributed by atoms with E-state index in [2.05, 4.69) is 19.9 Å². The van der Waals surface area contributed by atoms with E-state index in [4.69, 9.17) is 35.4 Å². The summed E-state index contributed by atoms with van der Waals surface area (Å²) in [4.78, 5) is 16.8. The fourth-order valence-corrected chi connectivity index (χ4v) is 4.88. The first-order valence-electron chi connectivity index (χ1n) is 11.6. The van der Waals surface area contributed by atoms with E-state index in [9.17, 15) is 22.4 Å². The molecule has 6 nitrogen and oxygen atoms in total. The first kappa shape index (κ1) is 28.9. The molecule has 0 spiro atoms. The van der Waals surface area contributed by atoms with E-state index in [1.165, 1.54) is 0 Å². The molecule has 1 heterocycles. The third kappa shape index (κ3) is 6.38. The number of nitrogens with one attached hydrogen (secondary N) is 2. The van der Waals surface area contributed by atoms with Gasteiger partial charge in [0.15, 0.2) is 22.5 Å². The summed E-state index contributed by atoms with van der Waals surface area (Å²) in [5, 5.41) is 5.44. The van der Waals surface area contributed by atoms with Crippen molar-refractivity contribution in [1.29, 1.82) is 0 Å². The number of hydrogen-bond donors (Lipinski definition) is 2. The summed E-state index contributed by atoms with van der Waals surface area (Å²) in [7, 11) is 0.831. The Hall–Kier alpha value is -3.12. The van der Waals surface area contributed by atoms with Gasteiger partial charge >= 0.3 is 0 Å². The number of amides is 1. The van der Waals surface area contributed by atoms with Crippen molar-refractivity contribution >= 4 is 57.8 Å². The first-order valence-corrected chi connectivity index (χ1v) is 12.8. The molecule has 1 aliphatic rings. The summed E-state index contributed by atoms with van der Waals surface area (Å²) in [6, 6.07) is 12.7. The van der Waals surface area contributed by atoms with Crippen molar-refractivity contribution in [1.82, 2.24) is 10.2 Å². The summed E-state index contributed by atoms with van der Waals surface area (Å²) in [6.45, 7) is 3.82. The van der Waals surface area contributed by atoms with Crippen LogP contribution in [0.5, 0.6) is 5.75 Å². The van der Waals surface area contributed by atoms with E-state index >= 15 is 0 Å². The minimum atomic E-state index is -1.91. The molecule has 0 atom stereocenters. The molecule has 39 heavy (non-hydrogen) atoms. The minimum absolute atomic E-state index is 0.368. The Morgan fingerprint density at radius 3 is 2.18 bits per heavy atom. The molecular weight excluding hydrogens is 579 g/mol. The van der Waals surface area contributed by atoms with Gasteiger partial charge in [-0.25, -0.2) is 8.78 Å². The SMILES string of the molecule is COc1c(F)c(F)c(C(=O)NC(=S)Nc2ccc(N3CCN(Cc4ccccc4Cl)CC3)c(Cl)c2)c(F)c1F. The van der Waals surface area contributed by atoms with E-state index in [0.29, 0.717) is 10.7 Å². The third-order valence-corrected chi connectivity index (χ3v) is 7.03. The first-order chi connectivity index (χ1) is 18.6. The zero-order chi connectivity index (χ0) is 28.3. The van der Waals surface area contributed by atoms with E-state index in [-0.39, 0.29) is 5.11 Å². The topological polar surface area (TPSA) is 56.8 Å². The van der Waals surface area contributed by atoms with Crippen LogP contribution in [-0.4, -0.2) is 49.2 Å². The molecule has 13 heteroatoms. The average Bonchev–Trinajstić information content (AvgIpc) is 2.90. The van der Waals surface area contributed by atoms with Gasteiger partial charge in [0.25, 0.3) is 5.91 Å². The fourth-order valence-electron chi connectivity index (χ4n) is 4.17. The Morgan fingerprint density at radius 1 is 0.949 bits per heavy atom. The number of carbonyl (C=O) groups excluding carboxylic acids is 1. The fraction of sp³-hybridized carbons (Fsp3) is 0.231. The Labute approximate surface area is 237 Å². The highest BCUT2D eigenvalue weighted by Crippen LogP contribution is 2.31. The molecule has 2 N–H and O–H groups in total. The van der Waals surface area contributed by atoms with Crippen LogP contribution in [0, 0.1) is 23.3 Å². The van der Waals surface area contributed by atoms with Crippen LogP contribution in [0.25, 0.3) is 0 Å². The lowest BCUT2D eigenvalue weighted by atomic mass is 10.1. The second kappa shape index (κ2) is 12.4. The van der Waals surface area contributed by atoms with Crippen molar-refractivity contribution in [3.8, 4) is 5.75 Å². The number of halogens is 6. The molecule has 0 aromatic heterocycles. The van der Waals surface area contributed by atoms with Crippen LogP contribution in [0.15, 0.2) is 42.5 Å². The standard InChI is InChI=1S/C26H22Cl2F4N4O2S/c1-38-24-22(31)20(29)19(21(30)23(24)32)25(37)34-26(39)33-15-6-7-18(17(28)12-15)36-10-8-35(9-11-36)13-14-4-2-3-5-16(14)27/h2-7,12H,8-11,13H2,1H3,(H2,33,34,37,39). The lowest BCUT2D eigenvalue weighted by molar-refractivity contribution is 0.0966. The molecule has 1 saturated heterocycles. The number of anilines is 2. The van der Waals surface area contributed by atoms with Crippen LogP contribution in [0.1, 0.15) is 15.9 Å². The minimum Gasteiger partial charge on any atom is -0.491 e. The van der Waals surface area contributed by atoms with E-state index < -0.39 is 40.5 Å². The van der Waals surface area contributed by atoms with Crippen LogP contribution in [-0.2, 0) is 6.54 Å². The van der Waals surface area contributed by atoms with Crippen molar-refractivity contribution in [3.63, 3.8) is 0 Å². The van der Waals surface area contributed by atoms with Gasteiger partial charge in [-0.3, -0.25) is 15.0 Å². The lowest BCUT2D eigenvalue weighted by Crippen LogP contribution is -2.46. The van der Waals surface area contributed by atoms with Crippen LogP contribution >= 0.6 is 35.4 Å². The summed E-state index contributed by atoms with van der Waals surface area (Å²) in [5.41, 5.74) is 0.760. The van der Waals surface area contributed by atoms with Gasteiger partial charge in [0, 0.05) is 43.4 Å². The number of benzene rings is 3. The Bertz CT molecular complexity index is 1390. The van der Waals surface area contributed by atoms with Gasteiger partial charge < -0.3 is 15.0 Å². The molecule has 3 aromatic carbocycles. The molecule has 1 fully saturated rings. The smallest absolute Gasteiger partial charge is 0.263 e. The molecule has 0 saturated carbocycles. The van der Waals surface area contributed by atoms with Gasteiger partial charge in [0.2, 0.25) is 11.6 Å². The molecule has 0 aliphatic carbocycles. The zero-order valence-electron chi connectivity index (χ0n) is 20.5. The highest BCUT2D eigenvalue weighted by atomic mass is 35.5. The van der Waals surface area contributed by atoms with Gasteiger partial charge in [0.1, 0.15) is 5.56 Å². The maximum Gasteiger partial charge on any atom is 0.263 e. The molecule has 206 valence electrons. The molecule has 1 amide bonds. The third-order valence-electron chi connectivity index (χ3n) is 6.15. The van der Waals surface area contributed by atoms with Gasteiger partial charge in [-0.15, -0.1) is 0 Å². The van der Waals surface area contributed by atoms with Crippen molar-refractivity contribution in [2.45, 2.75) is 6.54 Å². The van der Waals surface area contributed by atoms with Crippen LogP contribution in [0.2, 0.25) is 10.0 Å². The summed E-state index contributed by atoms with van der Waals surface area (Å²) >= 11 is 17.8. The number of nitrogens with zero attached hydrogens (tertiary/aromatic N) is 2. The number of methoxy groups -OCH3 is 1. The average molecular weight is 601 g/mol. The highest BCUT2D eigenvalue weighted by molar-refractivity contribution is 7.80. The molecular formula is C26H22Cl2F4N4O2S. The molecule has 3 aromatic rings. The summed E-state index contributed by atoms with van der Waals surface area (Å²) in [5.74, 6) is -10.3. The van der Waals surface area contributed by atoms with E-state index in [0.717, 1.165) is 56.1 Å². The second-order valence-corrected chi connectivity index (χ2v) is 9.82. The molecule has 0 radical (unpaired) electrons. The zero-order valence-corrected chi connectivity index (χ0v) is 22.8. The quantitative estimate of drug-likeness (QED) is 0.205. The number of ether oxygens (including phenoxy) is 1. The van der Waals surface area contributed by atoms with Crippen molar-refractivity contribution in [2.24, 2.45) is 0 Å². The van der Waals surface area contributed by atoms with Gasteiger partial charge in [-0.05, 0) is 42.0 Å². The normalized spacial score (nSPS) is 13.8. The molecule has 4 rings (SSSR count). The number of rotatable bonds is 6. The predicted molar refractivity (Wildman–Crippen MR) is 147 cm³/mol.